The van der Waals surface area contributed by atoms with Gasteiger partial charge in [0.05, 0.1) is 12.0 Å². The van der Waals surface area contributed by atoms with Crippen molar-refractivity contribution in [2.45, 2.75) is 36.6 Å². The average Bonchev–Trinajstić information content (AvgIpc) is 2.63. The van der Waals surface area contributed by atoms with Crippen LogP contribution in [-0.2, 0) is 0 Å². The number of nitriles is 1. The number of thioether (sulfide) groups is 1. The summed E-state index contributed by atoms with van der Waals surface area (Å²) in [6.45, 7) is 1.80. The quantitative estimate of drug-likeness (QED) is 0.794. The summed E-state index contributed by atoms with van der Waals surface area (Å²) in [5.74, 6) is 0.0933. The van der Waals surface area contributed by atoms with E-state index in [9.17, 15) is 4.79 Å². The van der Waals surface area contributed by atoms with Gasteiger partial charge in [-0.2, -0.15) is 5.26 Å². The largest absolute Gasteiger partial charge is 0.301 e. The molecule has 0 radical (unpaired) electrons. The summed E-state index contributed by atoms with van der Waals surface area (Å²) < 4.78 is 0. The van der Waals surface area contributed by atoms with Crippen LogP contribution in [0.3, 0.4) is 0 Å². The first-order chi connectivity index (χ1) is 7.69. The minimum absolute atomic E-state index is 0.0933. The van der Waals surface area contributed by atoms with Crippen LogP contribution in [-0.4, -0.2) is 15.2 Å². The van der Waals surface area contributed by atoms with Crippen molar-refractivity contribution in [1.82, 2.24) is 9.97 Å². The molecule has 1 heterocycles. The lowest BCUT2D eigenvalue weighted by atomic mass is 10.1. The Balaban J connectivity index is 2.15. The molecule has 1 aromatic rings. The lowest BCUT2D eigenvalue weighted by molar-refractivity contribution is 0.711. The third-order valence-corrected chi connectivity index (χ3v) is 4.01. The molecule has 4 nitrogen and oxygen atoms in total. The normalized spacial score (nSPS) is 24.2. The molecule has 0 saturated heterocycles. The Labute approximate surface area is 98.1 Å². The fourth-order valence-electron chi connectivity index (χ4n) is 1.97. The predicted octanol–water partition coefficient (Wildman–Crippen LogP) is 1.86. The van der Waals surface area contributed by atoms with E-state index in [1.165, 1.54) is 17.8 Å². The van der Waals surface area contributed by atoms with Gasteiger partial charge in [-0.25, -0.2) is 4.98 Å². The smallest absolute Gasteiger partial charge is 0.251 e. The zero-order chi connectivity index (χ0) is 11.5. The third-order valence-electron chi connectivity index (χ3n) is 2.73. The Kier molecular flexibility index (Phi) is 3.30. The van der Waals surface area contributed by atoms with Gasteiger partial charge in [-0.3, -0.25) is 4.79 Å². The summed E-state index contributed by atoms with van der Waals surface area (Å²) in [7, 11) is 0. The Morgan fingerprint density at radius 1 is 1.62 bits per heavy atom. The van der Waals surface area contributed by atoms with Gasteiger partial charge in [0, 0.05) is 17.0 Å². The molecule has 2 atom stereocenters. The number of nitrogens with zero attached hydrogens (tertiary/aromatic N) is 2. The summed E-state index contributed by atoms with van der Waals surface area (Å²) >= 11 is 1.52. The second-order valence-electron chi connectivity index (χ2n) is 4.01. The minimum atomic E-state index is -0.124. The van der Waals surface area contributed by atoms with E-state index < -0.39 is 0 Å². The fourth-order valence-corrected chi connectivity index (χ4v) is 3.25. The molecule has 1 aliphatic rings. The molecule has 5 heteroatoms. The molecule has 1 N–H and O–H groups in total. The molecule has 84 valence electrons. The van der Waals surface area contributed by atoms with Crippen LogP contribution in [0, 0.1) is 24.2 Å². The Morgan fingerprint density at radius 3 is 3.12 bits per heavy atom. The number of rotatable bonds is 2. The maximum Gasteiger partial charge on any atom is 0.251 e. The maximum atomic E-state index is 11.3. The molecule has 2 rings (SSSR count). The van der Waals surface area contributed by atoms with Crippen molar-refractivity contribution in [3.05, 3.63) is 22.1 Å². The SMILES string of the molecule is Cc1cc(=O)[nH]c(SC2CCCC2C#N)n1. The van der Waals surface area contributed by atoms with Crippen LogP contribution >= 0.6 is 11.8 Å². The second kappa shape index (κ2) is 4.71. The zero-order valence-corrected chi connectivity index (χ0v) is 9.88. The van der Waals surface area contributed by atoms with Gasteiger partial charge in [0.25, 0.3) is 5.56 Å². The lowest BCUT2D eigenvalue weighted by Crippen LogP contribution is -2.12. The van der Waals surface area contributed by atoms with Crippen molar-refractivity contribution >= 4 is 11.8 Å². The van der Waals surface area contributed by atoms with E-state index >= 15 is 0 Å². The van der Waals surface area contributed by atoms with E-state index in [2.05, 4.69) is 16.0 Å². The highest BCUT2D eigenvalue weighted by Gasteiger charge is 2.28. The molecular weight excluding hydrogens is 222 g/mol. The molecule has 2 unspecified atom stereocenters. The molecule has 16 heavy (non-hydrogen) atoms. The van der Waals surface area contributed by atoms with Gasteiger partial charge in [-0.15, -0.1) is 0 Å². The van der Waals surface area contributed by atoms with Crippen LogP contribution in [0.5, 0.6) is 0 Å². The molecule has 1 saturated carbocycles. The maximum absolute atomic E-state index is 11.3. The van der Waals surface area contributed by atoms with Crippen LogP contribution in [0.1, 0.15) is 25.0 Å². The van der Waals surface area contributed by atoms with Gasteiger partial charge in [0.1, 0.15) is 0 Å². The van der Waals surface area contributed by atoms with Crippen LogP contribution in [0.4, 0.5) is 0 Å². The van der Waals surface area contributed by atoms with E-state index in [1.54, 1.807) is 6.92 Å². The molecule has 1 aliphatic carbocycles. The third kappa shape index (κ3) is 2.45. The number of H-pyrrole nitrogens is 1. The van der Waals surface area contributed by atoms with Crippen molar-refractivity contribution in [2.24, 2.45) is 5.92 Å². The summed E-state index contributed by atoms with van der Waals surface area (Å²) in [5.41, 5.74) is 0.597. The number of hydrogen-bond acceptors (Lipinski definition) is 4. The summed E-state index contributed by atoms with van der Waals surface area (Å²) in [5, 5.41) is 9.88. The molecular formula is C11H13N3OS. The van der Waals surface area contributed by atoms with Gasteiger partial charge in [-0.05, 0) is 19.8 Å². The van der Waals surface area contributed by atoms with Crippen LogP contribution in [0.2, 0.25) is 0 Å². The van der Waals surface area contributed by atoms with Crippen LogP contribution < -0.4 is 5.56 Å². The standard InChI is InChI=1S/C11H13N3OS/c1-7-5-10(15)14-11(13-7)16-9-4-2-3-8(9)6-12/h5,8-9H,2-4H2,1H3,(H,13,14,15). The second-order valence-corrected chi connectivity index (χ2v) is 5.24. The first kappa shape index (κ1) is 11.2. The monoisotopic (exact) mass is 235 g/mol. The highest BCUT2D eigenvalue weighted by molar-refractivity contribution is 7.99. The Bertz CT molecular complexity index is 477. The number of hydrogen-bond donors (Lipinski definition) is 1. The van der Waals surface area contributed by atoms with Gasteiger partial charge in [0.2, 0.25) is 0 Å². The highest BCUT2D eigenvalue weighted by atomic mass is 32.2. The highest BCUT2D eigenvalue weighted by Crippen LogP contribution is 2.36. The minimum Gasteiger partial charge on any atom is -0.301 e. The van der Waals surface area contributed by atoms with Crippen molar-refractivity contribution in [3.63, 3.8) is 0 Å². The summed E-state index contributed by atoms with van der Waals surface area (Å²) in [4.78, 5) is 18.2. The summed E-state index contributed by atoms with van der Waals surface area (Å²) in [6.07, 6.45) is 3.08. The van der Waals surface area contributed by atoms with Gasteiger partial charge >= 0.3 is 0 Å². The molecule has 1 aromatic heterocycles. The number of nitrogens with one attached hydrogen (secondary N) is 1. The molecule has 0 bridgehead atoms. The zero-order valence-electron chi connectivity index (χ0n) is 9.06. The molecule has 0 amide bonds. The van der Waals surface area contributed by atoms with Crippen molar-refractivity contribution in [1.29, 1.82) is 5.26 Å². The first-order valence-corrected chi connectivity index (χ1v) is 6.21. The van der Waals surface area contributed by atoms with E-state index in [0.717, 1.165) is 25.0 Å². The Morgan fingerprint density at radius 2 is 2.44 bits per heavy atom. The predicted molar refractivity (Wildman–Crippen MR) is 62.2 cm³/mol. The van der Waals surface area contributed by atoms with Gasteiger partial charge in [-0.1, -0.05) is 18.2 Å². The van der Waals surface area contributed by atoms with Gasteiger partial charge < -0.3 is 4.98 Å². The van der Waals surface area contributed by atoms with Crippen LogP contribution in [0.15, 0.2) is 16.0 Å². The van der Waals surface area contributed by atoms with E-state index in [4.69, 9.17) is 5.26 Å². The molecule has 0 spiro atoms. The first-order valence-electron chi connectivity index (χ1n) is 5.33. The van der Waals surface area contributed by atoms with Crippen molar-refractivity contribution in [2.75, 3.05) is 0 Å². The molecule has 0 aromatic carbocycles. The van der Waals surface area contributed by atoms with Crippen molar-refractivity contribution < 1.29 is 0 Å². The van der Waals surface area contributed by atoms with Crippen LogP contribution in [0.25, 0.3) is 0 Å². The van der Waals surface area contributed by atoms with E-state index in [0.29, 0.717) is 5.16 Å². The topological polar surface area (TPSA) is 69.5 Å². The number of aromatic amines is 1. The van der Waals surface area contributed by atoms with E-state index in [-0.39, 0.29) is 16.7 Å². The summed E-state index contributed by atoms with van der Waals surface area (Å²) in [6, 6.07) is 3.80. The molecule has 0 aliphatic heterocycles. The van der Waals surface area contributed by atoms with Gasteiger partial charge in [0.15, 0.2) is 5.16 Å². The van der Waals surface area contributed by atoms with E-state index in [1.807, 2.05) is 0 Å². The fraction of sp³-hybridized carbons (Fsp3) is 0.545. The number of aromatic nitrogens is 2. The Hall–Kier alpha value is -1.28. The lowest BCUT2D eigenvalue weighted by Gasteiger charge is -2.11. The number of aryl methyl sites for hydroxylation is 1. The average molecular weight is 235 g/mol. The van der Waals surface area contributed by atoms with Crippen molar-refractivity contribution in [3.8, 4) is 6.07 Å². The molecule has 1 fully saturated rings.